The van der Waals surface area contributed by atoms with Crippen molar-refractivity contribution in [2.45, 2.75) is 12.6 Å². The molecule has 0 unspecified atom stereocenters. The summed E-state index contributed by atoms with van der Waals surface area (Å²) in [6.07, 6.45) is -4.23. The quantitative estimate of drug-likeness (QED) is 0.113. The normalized spacial score (nSPS) is 12.3. The molecular formula is C32H30F4N4O4. The van der Waals surface area contributed by atoms with Crippen molar-refractivity contribution in [2.75, 3.05) is 33.8 Å². The van der Waals surface area contributed by atoms with E-state index in [0.717, 1.165) is 4.90 Å². The number of nitrogens with one attached hydrogen (secondary N) is 1. The molecule has 0 radical (unpaired) electrons. The summed E-state index contributed by atoms with van der Waals surface area (Å²) in [4.78, 5) is 25.7. The maximum Gasteiger partial charge on any atom is 0.407 e. The number of aromatic amines is 1. The molecule has 0 aliphatic heterocycles. The molecule has 0 fully saturated rings. The molecule has 4 rings (SSSR count). The third-order valence-corrected chi connectivity index (χ3v) is 6.67. The lowest BCUT2D eigenvalue weighted by molar-refractivity contribution is -0.124. The number of hydrogen-bond acceptors (Lipinski definition) is 4. The predicted molar refractivity (Wildman–Crippen MR) is 158 cm³/mol. The number of fused-ring (bicyclic) bond motifs is 1. The van der Waals surface area contributed by atoms with Crippen LogP contribution >= 0.6 is 0 Å². The van der Waals surface area contributed by atoms with Crippen LogP contribution in [-0.2, 0) is 4.79 Å². The summed E-state index contributed by atoms with van der Waals surface area (Å²) in [7, 11) is 3.16. The van der Waals surface area contributed by atoms with Crippen LogP contribution in [0.1, 0.15) is 23.1 Å². The minimum atomic E-state index is -4.53. The van der Waals surface area contributed by atoms with Crippen LogP contribution in [0.15, 0.2) is 84.9 Å². The van der Waals surface area contributed by atoms with E-state index in [1.54, 1.807) is 74.8 Å². The van der Waals surface area contributed by atoms with E-state index in [9.17, 15) is 32.3 Å². The van der Waals surface area contributed by atoms with Crippen LogP contribution in [0, 0.1) is 5.95 Å². The Balaban J connectivity index is 1.64. The Bertz CT molecular complexity index is 1660. The molecule has 2 N–H and O–H groups in total. The van der Waals surface area contributed by atoms with Crippen molar-refractivity contribution in [1.82, 2.24) is 20.0 Å². The van der Waals surface area contributed by atoms with Crippen LogP contribution < -0.4 is 4.74 Å². The third kappa shape index (κ3) is 8.24. The van der Waals surface area contributed by atoms with Gasteiger partial charge in [0.25, 0.3) is 0 Å². The molecule has 0 aliphatic rings. The van der Waals surface area contributed by atoms with Crippen molar-refractivity contribution in [1.29, 1.82) is 0 Å². The number of aromatic nitrogens is 2. The first kappa shape index (κ1) is 31.8. The zero-order chi connectivity index (χ0) is 31.9. The van der Waals surface area contributed by atoms with Crippen molar-refractivity contribution in [3.8, 4) is 5.75 Å². The van der Waals surface area contributed by atoms with E-state index >= 15 is 0 Å². The van der Waals surface area contributed by atoms with E-state index in [-0.39, 0.29) is 42.1 Å². The van der Waals surface area contributed by atoms with Gasteiger partial charge < -0.3 is 19.6 Å². The molecule has 0 saturated carbocycles. The van der Waals surface area contributed by atoms with Crippen molar-refractivity contribution in [2.24, 2.45) is 0 Å². The Morgan fingerprint density at radius 3 is 2.30 bits per heavy atom. The minimum Gasteiger partial charge on any atom is -0.492 e. The van der Waals surface area contributed by atoms with Gasteiger partial charge in [-0.15, -0.1) is 0 Å². The molecule has 0 aliphatic carbocycles. The number of H-pyrrole nitrogens is 1. The van der Waals surface area contributed by atoms with Crippen LogP contribution in [-0.4, -0.2) is 77.1 Å². The van der Waals surface area contributed by atoms with Gasteiger partial charge in [0.05, 0.1) is 23.9 Å². The lowest BCUT2D eigenvalue weighted by atomic mass is 9.87. The number of rotatable bonds is 11. The SMILES string of the molecule is CN(C)C(=O)C=CCN(CCOc1ccc(C(=C(CC(F)(F)F)c2ccccc2)c2ccc3n[nH]c(F)c3c2)cc1)C(=O)O. The second-order valence-corrected chi connectivity index (χ2v) is 10.0. The topological polar surface area (TPSA) is 98.8 Å². The molecule has 1 aromatic heterocycles. The summed E-state index contributed by atoms with van der Waals surface area (Å²) in [5, 5.41) is 15.7. The Hall–Kier alpha value is -5.13. The minimum absolute atomic E-state index is 0.00273. The number of carboxylic acid groups (broad SMARTS) is 1. The third-order valence-electron chi connectivity index (χ3n) is 6.67. The average Bonchev–Trinajstić information content (AvgIpc) is 3.36. The Morgan fingerprint density at radius 1 is 0.977 bits per heavy atom. The largest absolute Gasteiger partial charge is 0.492 e. The first-order chi connectivity index (χ1) is 20.9. The van der Waals surface area contributed by atoms with Gasteiger partial charge in [-0.1, -0.05) is 54.6 Å². The van der Waals surface area contributed by atoms with Crippen LogP contribution in [0.4, 0.5) is 22.4 Å². The zero-order valence-electron chi connectivity index (χ0n) is 23.9. The zero-order valence-corrected chi connectivity index (χ0v) is 23.9. The molecule has 8 nitrogen and oxygen atoms in total. The highest BCUT2D eigenvalue weighted by Crippen LogP contribution is 2.40. The highest BCUT2D eigenvalue weighted by Gasteiger charge is 2.31. The highest BCUT2D eigenvalue weighted by molar-refractivity contribution is 6.00. The Labute approximate surface area is 250 Å². The van der Waals surface area contributed by atoms with Gasteiger partial charge >= 0.3 is 12.3 Å². The lowest BCUT2D eigenvalue weighted by Gasteiger charge is -2.20. The highest BCUT2D eigenvalue weighted by atomic mass is 19.4. The molecule has 1 heterocycles. The molecule has 2 amide bonds. The van der Waals surface area contributed by atoms with E-state index in [0.29, 0.717) is 28.0 Å². The van der Waals surface area contributed by atoms with Crippen molar-refractivity contribution < 1.29 is 37.0 Å². The Kier molecular flexibility index (Phi) is 10.0. The number of likely N-dealkylation sites (N-methyl/N-ethyl adjacent to an activating group) is 1. The number of amides is 2. The van der Waals surface area contributed by atoms with E-state index in [1.807, 2.05) is 0 Å². The summed E-state index contributed by atoms with van der Waals surface area (Å²) in [6.45, 7) is -0.0270. The first-order valence-corrected chi connectivity index (χ1v) is 13.5. The molecule has 0 saturated heterocycles. The molecule has 4 aromatic rings. The molecule has 0 spiro atoms. The van der Waals surface area contributed by atoms with Crippen molar-refractivity contribution in [3.63, 3.8) is 0 Å². The molecule has 0 bridgehead atoms. The fraction of sp³-hybridized carbons (Fsp3) is 0.219. The van der Waals surface area contributed by atoms with Crippen molar-refractivity contribution in [3.05, 3.63) is 108 Å². The smallest absolute Gasteiger partial charge is 0.407 e. The number of allylic oxidation sites excluding steroid dienone is 1. The van der Waals surface area contributed by atoms with E-state index < -0.39 is 24.6 Å². The number of alkyl halides is 3. The van der Waals surface area contributed by atoms with Crippen LogP contribution in [0.25, 0.3) is 22.0 Å². The van der Waals surface area contributed by atoms with E-state index in [1.165, 1.54) is 29.2 Å². The number of benzene rings is 3. The number of hydrogen-bond donors (Lipinski definition) is 2. The number of carbonyl (C=O) groups excluding carboxylic acids is 1. The van der Waals surface area contributed by atoms with Gasteiger partial charge in [0, 0.05) is 26.7 Å². The first-order valence-electron chi connectivity index (χ1n) is 13.5. The molecule has 44 heavy (non-hydrogen) atoms. The maximum atomic E-state index is 14.4. The molecule has 3 aromatic carbocycles. The fourth-order valence-corrected chi connectivity index (χ4v) is 4.51. The maximum absolute atomic E-state index is 14.4. The van der Waals surface area contributed by atoms with Crippen LogP contribution in [0.3, 0.4) is 0 Å². The standard InChI is InChI=1S/C32H30F4N4O4/c1-39(2)28(41)9-6-16-40(31(42)43)17-18-44-24-13-10-22(11-14-24)29(23-12-15-27-25(19-23)30(33)38-37-27)26(20-32(34,35)36)21-7-4-3-5-8-21/h3-15,19H,16-18,20H2,1-2H3,(H,37,38)(H,42,43). The number of nitrogens with zero attached hydrogens (tertiary/aromatic N) is 3. The van der Waals surface area contributed by atoms with Gasteiger partial charge in [-0.2, -0.15) is 22.7 Å². The summed E-state index contributed by atoms with van der Waals surface area (Å²) in [5.41, 5.74) is 1.77. The summed E-state index contributed by atoms with van der Waals surface area (Å²) < 4.78 is 61.9. The second kappa shape index (κ2) is 13.9. The van der Waals surface area contributed by atoms with E-state index in [4.69, 9.17) is 4.74 Å². The monoisotopic (exact) mass is 610 g/mol. The summed E-state index contributed by atoms with van der Waals surface area (Å²) >= 11 is 0. The number of ether oxygens (including phenoxy) is 1. The van der Waals surface area contributed by atoms with Gasteiger partial charge in [-0.3, -0.25) is 9.89 Å². The summed E-state index contributed by atoms with van der Waals surface area (Å²) in [5.74, 6) is -0.608. The number of halogens is 4. The van der Waals surface area contributed by atoms with Gasteiger partial charge in [0.2, 0.25) is 11.9 Å². The molecule has 12 heteroatoms. The second-order valence-electron chi connectivity index (χ2n) is 10.0. The van der Waals surface area contributed by atoms with Crippen LogP contribution in [0.2, 0.25) is 0 Å². The average molecular weight is 611 g/mol. The van der Waals surface area contributed by atoms with Crippen molar-refractivity contribution >= 4 is 34.0 Å². The predicted octanol–water partition coefficient (Wildman–Crippen LogP) is 6.62. The van der Waals surface area contributed by atoms with E-state index in [2.05, 4.69) is 10.2 Å². The molecular weight excluding hydrogens is 580 g/mol. The molecule has 0 atom stereocenters. The molecule has 230 valence electrons. The summed E-state index contributed by atoms with van der Waals surface area (Å²) in [6, 6.07) is 19.1. The number of carbonyl (C=O) groups is 2. The Morgan fingerprint density at radius 2 is 1.66 bits per heavy atom. The van der Waals surface area contributed by atoms with Gasteiger partial charge in [-0.25, -0.2) is 4.79 Å². The van der Waals surface area contributed by atoms with Gasteiger partial charge in [-0.05, 0) is 52.1 Å². The van der Waals surface area contributed by atoms with Gasteiger partial charge in [0.1, 0.15) is 12.4 Å². The lowest BCUT2D eigenvalue weighted by Crippen LogP contribution is -2.33. The van der Waals surface area contributed by atoms with Gasteiger partial charge in [0.15, 0.2) is 0 Å². The fourth-order valence-electron chi connectivity index (χ4n) is 4.51. The van der Waals surface area contributed by atoms with Crippen LogP contribution in [0.5, 0.6) is 5.75 Å².